The molecule has 0 amide bonds. The molecule has 5 rings (SSSR count). The van der Waals surface area contributed by atoms with Crippen molar-refractivity contribution < 1.29 is 33.3 Å². The average Bonchev–Trinajstić information content (AvgIpc) is 3.33. The Balaban J connectivity index is 1.59. The van der Waals surface area contributed by atoms with Gasteiger partial charge in [0.2, 0.25) is 11.7 Å². The van der Waals surface area contributed by atoms with Crippen LogP contribution < -0.4 is 11.2 Å². The Morgan fingerprint density at radius 2 is 1.35 bits per heavy atom. The maximum absolute atomic E-state index is 13.4. The van der Waals surface area contributed by atoms with Crippen LogP contribution in [0, 0.1) is 12.3 Å². The van der Waals surface area contributed by atoms with Crippen molar-refractivity contribution >= 4 is 17.9 Å². The lowest BCUT2D eigenvalue weighted by Gasteiger charge is -2.33. The zero-order valence-electron chi connectivity index (χ0n) is 22.5. The fourth-order valence-corrected chi connectivity index (χ4v) is 4.57. The van der Waals surface area contributed by atoms with E-state index in [-0.39, 0.29) is 16.7 Å². The van der Waals surface area contributed by atoms with E-state index in [4.69, 9.17) is 25.4 Å². The van der Waals surface area contributed by atoms with E-state index in [9.17, 15) is 24.0 Å². The molecule has 11 heteroatoms. The summed E-state index contributed by atoms with van der Waals surface area (Å²) < 4.78 is 24.3. The molecular formula is C32H24N2O9. The lowest BCUT2D eigenvalue weighted by Crippen LogP contribution is -2.54. The molecule has 0 aliphatic carbocycles. The molecule has 43 heavy (non-hydrogen) atoms. The molecule has 1 N–H and O–H groups in total. The zero-order chi connectivity index (χ0) is 30.4. The van der Waals surface area contributed by atoms with Gasteiger partial charge in [0, 0.05) is 12.3 Å². The van der Waals surface area contributed by atoms with Gasteiger partial charge in [-0.15, -0.1) is 6.42 Å². The van der Waals surface area contributed by atoms with Crippen LogP contribution in [0.3, 0.4) is 0 Å². The second-order valence-electron chi connectivity index (χ2n) is 9.38. The highest BCUT2D eigenvalue weighted by molar-refractivity contribution is 5.91. The topological polar surface area (TPSA) is 143 Å². The Labute approximate surface area is 244 Å². The number of ether oxygens (including phenoxy) is 4. The van der Waals surface area contributed by atoms with Gasteiger partial charge < -0.3 is 18.9 Å². The quantitative estimate of drug-likeness (QED) is 0.189. The SMILES string of the molecule is C#C[C@@]1(OC(=O)c2ccccc2)[C@@H](COC(=O)c2ccccc2)O[C@@H](n2ccc(=O)[nH]c2=O)[C@@H]1OC(=O)c1ccccc1. The van der Waals surface area contributed by atoms with Crippen molar-refractivity contribution in [1.82, 2.24) is 9.55 Å². The number of carbonyl (C=O) groups excluding carboxylic acids is 3. The summed E-state index contributed by atoms with van der Waals surface area (Å²) in [5.74, 6) is -0.0829. The second-order valence-corrected chi connectivity index (χ2v) is 9.38. The lowest BCUT2D eigenvalue weighted by molar-refractivity contribution is -0.0784. The number of carbonyl (C=O) groups is 3. The number of H-pyrrole nitrogens is 1. The van der Waals surface area contributed by atoms with Crippen molar-refractivity contribution in [3.8, 4) is 12.3 Å². The van der Waals surface area contributed by atoms with Gasteiger partial charge in [-0.05, 0) is 36.4 Å². The van der Waals surface area contributed by atoms with Crippen LogP contribution in [0.5, 0.6) is 0 Å². The molecule has 1 aliphatic rings. The summed E-state index contributed by atoms with van der Waals surface area (Å²) in [5.41, 5.74) is -3.34. The summed E-state index contributed by atoms with van der Waals surface area (Å²) in [7, 11) is 0. The molecule has 1 saturated heterocycles. The fourth-order valence-electron chi connectivity index (χ4n) is 4.57. The first kappa shape index (κ1) is 28.8. The Kier molecular flexibility index (Phi) is 8.32. The van der Waals surface area contributed by atoms with Gasteiger partial charge >= 0.3 is 23.6 Å². The van der Waals surface area contributed by atoms with Gasteiger partial charge in [0.05, 0.1) is 16.7 Å². The van der Waals surface area contributed by atoms with Crippen molar-refractivity contribution in [2.24, 2.45) is 0 Å². The Bertz CT molecular complexity index is 1780. The number of benzene rings is 3. The maximum Gasteiger partial charge on any atom is 0.339 e. The number of esters is 3. The summed E-state index contributed by atoms with van der Waals surface area (Å²) >= 11 is 0. The highest BCUT2D eigenvalue weighted by Gasteiger charge is 2.63. The van der Waals surface area contributed by atoms with Gasteiger partial charge in [0.1, 0.15) is 12.7 Å². The van der Waals surface area contributed by atoms with Crippen molar-refractivity contribution in [3.05, 3.63) is 141 Å². The number of rotatable bonds is 8. The summed E-state index contributed by atoms with van der Waals surface area (Å²) in [4.78, 5) is 66.3. The van der Waals surface area contributed by atoms with E-state index in [1.54, 1.807) is 54.6 Å². The first-order valence-corrected chi connectivity index (χ1v) is 13.0. The third-order valence-electron chi connectivity index (χ3n) is 6.70. The van der Waals surface area contributed by atoms with Crippen LogP contribution in [0.1, 0.15) is 37.3 Å². The van der Waals surface area contributed by atoms with E-state index < -0.39 is 59.8 Å². The van der Waals surface area contributed by atoms with Crippen LogP contribution in [0.2, 0.25) is 0 Å². The Morgan fingerprint density at radius 1 is 0.814 bits per heavy atom. The van der Waals surface area contributed by atoms with Crippen LogP contribution in [0.15, 0.2) is 113 Å². The molecule has 0 spiro atoms. The number of nitrogens with zero attached hydrogens (tertiary/aromatic N) is 1. The number of terminal acetylenes is 1. The molecule has 4 aromatic rings. The normalized spacial score (nSPS) is 20.9. The molecule has 1 aliphatic heterocycles. The van der Waals surface area contributed by atoms with Gasteiger partial charge in [0.15, 0.2) is 6.23 Å². The molecular weight excluding hydrogens is 556 g/mol. The molecule has 0 unspecified atom stereocenters. The van der Waals surface area contributed by atoms with E-state index in [1.807, 2.05) is 0 Å². The number of hydrogen-bond acceptors (Lipinski definition) is 9. The molecule has 4 atom stereocenters. The maximum atomic E-state index is 13.4. The first-order valence-electron chi connectivity index (χ1n) is 13.0. The van der Waals surface area contributed by atoms with Crippen LogP contribution >= 0.6 is 0 Å². The second kappa shape index (κ2) is 12.4. The number of nitrogens with one attached hydrogen (secondary N) is 1. The molecule has 2 heterocycles. The fraction of sp³-hybridized carbons (Fsp3) is 0.156. The molecule has 3 aromatic carbocycles. The molecule has 1 aromatic heterocycles. The minimum Gasteiger partial charge on any atom is -0.459 e. The van der Waals surface area contributed by atoms with Gasteiger partial charge in [-0.3, -0.25) is 14.3 Å². The molecule has 0 saturated carbocycles. The average molecular weight is 581 g/mol. The standard InChI is InChI=1S/C32H24N2O9/c1-2-32(43-30(38)23-16-10-5-11-17-23)24(20-40-28(36)21-12-6-3-7-13-21)41-27(34-19-18-25(35)33-31(34)39)26(32)42-29(37)22-14-8-4-9-15-22/h1,3-19,24,26-27H,20H2,(H,33,35,39)/t24-,26+,27-,32-/m1/s1. The van der Waals surface area contributed by atoms with Gasteiger partial charge in [-0.1, -0.05) is 60.5 Å². The highest BCUT2D eigenvalue weighted by atomic mass is 16.7. The van der Waals surface area contributed by atoms with Crippen LogP contribution in [-0.4, -0.2) is 51.9 Å². The Hall–Kier alpha value is -5.73. The summed E-state index contributed by atoms with van der Waals surface area (Å²) in [5, 5.41) is 0. The third-order valence-corrected chi connectivity index (χ3v) is 6.70. The van der Waals surface area contributed by atoms with E-state index in [1.165, 1.54) is 36.4 Å². The van der Waals surface area contributed by atoms with Crippen molar-refractivity contribution in [3.63, 3.8) is 0 Å². The summed E-state index contributed by atoms with van der Waals surface area (Å²) in [6, 6.07) is 24.9. The molecule has 0 radical (unpaired) electrons. The number of aromatic nitrogens is 2. The number of aromatic amines is 1. The van der Waals surface area contributed by atoms with Crippen LogP contribution in [0.25, 0.3) is 0 Å². The minimum atomic E-state index is -2.21. The van der Waals surface area contributed by atoms with Crippen molar-refractivity contribution in [1.29, 1.82) is 0 Å². The Morgan fingerprint density at radius 3 is 1.88 bits per heavy atom. The minimum absolute atomic E-state index is 0.120. The highest BCUT2D eigenvalue weighted by Crippen LogP contribution is 2.42. The molecule has 216 valence electrons. The van der Waals surface area contributed by atoms with Gasteiger partial charge in [0.25, 0.3) is 5.56 Å². The smallest absolute Gasteiger partial charge is 0.339 e. The number of hydrogen-bond donors (Lipinski definition) is 1. The molecule has 1 fully saturated rings. The van der Waals surface area contributed by atoms with Gasteiger partial charge in [-0.2, -0.15) is 0 Å². The van der Waals surface area contributed by atoms with E-state index >= 15 is 0 Å². The predicted octanol–water partition coefficient (Wildman–Crippen LogP) is 2.75. The van der Waals surface area contributed by atoms with Crippen LogP contribution in [-0.2, 0) is 18.9 Å². The van der Waals surface area contributed by atoms with Crippen molar-refractivity contribution in [2.75, 3.05) is 6.61 Å². The van der Waals surface area contributed by atoms with Crippen LogP contribution in [0.4, 0.5) is 0 Å². The van der Waals surface area contributed by atoms with Crippen molar-refractivity contribution in [2.45, 2.75) is 24.0 Å². The zero-order valence-corrected chi connectivity index (χ0v) is 22.5. The summed E-state index contributed by atoms with van der Waals surface area (Å²) in [6.07, 6.45) is 2.54. The van der Waals surface area contributed by atoms with E-state index in [0.29, 0.717) is 0 Å². The molecule has 11 nitrogen and oxygen atoms in total. The first-order chi connectivity index (χ1) is 20.8. The third kappa shape index (κ3) is 6.00. The monoisotopic (exact) mass is 580 g/mol. The van der Waals surface area contributed by atoms with E-state index in [2.05, 4.69) is 10.9 Å². The van der Waals surface area contributed by atoms with E-state index in [0.717, 1.165) is 16.8 Å². The lowest BCUT2D eigenvalue weighted by atomic mass is 9.92. The summed E-state index contributed by atoms with van der Waals surface area (Å²) in [6.45, 7) is -0.562. The van der Waals surface area contributed by atoms with Gasteiger partial charge in [-0.25, -0.2) is 19.2 Å². The molecule has 0 bridgehead atoms. The predicted molar refractivity (Wildman–Crippen MR) is 151 cm³/mol. The largest absolute Gasteiger partial charge is 0.459 e.